The van der Waals surface area contributed by atoms with Crippen LogP contribution in [0.2, 0.25) is 0 Å². The highest BCUT2D eigenvalue weighted by atomic mass is 16.2. The van der Waals surface area contributed by atoms with Crippen molar-refractivity contribution >= 4 is 11.6 Å². The monoisotopic (exact) mass is 345 g/mol. The molecule has 1 aromatic heterocycles. The number of hydrogen-bond acceptors (Lipinski definition) is 3. The first-order valence-electron chi connectivity index (χ1n) is 8.26. The molecular weight excluding hydrogens is 320 g/mol. The summed E-state index contributed by atoms with van der Waals surface area (Å²) in [5.74, 6) is 0.316. The second-order valence-electron chi connectivity index (χ2n) is 6.62. The summed E-state index contributed by atoms with van der Waals surface area (Å²) in [6.45, 7) is 4.80. The number of aromatic amines is 1. The van der Waals surface area contributed by atoms with Gasteiger partial charge in [-0.2, -0.15) is 0 Å². The van der Waals surface area contributed by atoms with E-state index < -0.39 is 5.69 Å². The van der Waals surface area contributed by atoms with Crippen LogP contribution in [0.15, 0.2) is 40.1 Å². The largest absolute Gasteiger partial charge is 0.328 e. The maximum Gasteiger partial charge on any atom is 0.328 e. The first-order valence-corrected chi connectivity index (χ1v) is 8.26. The number of carbonyl (C=O) groups is 1. The first-order chi connectivity index (χ1) is 11.8. The fourth-order valence-electron chi connectivity index (χ4n) is 2.56. The molecule has 0 spiro atoms. The number of aromatic nitrogens is 2. The van der Waals surface area contributed by atoms with Crippen molar-refractivity contribution in [2.24, 2.45) is 7.05 Å². The molecule has 1 atom stereocenters. The summed E-state index contributed by atoms with van der Waals surface area (Å²) in [7, 11) is 3.25. The minimum absolute atomic E-state index is 0.129. The number of likely N-dealkylation sites (N-methyl/N-ethyl adjacent to an activating group) is 1. The van der Waals surface area contributed by atoms with Gasteiger partial charge >= 0.3 is 5.69 Å². The minimum atomic E-state index is -0.450. The average Bonchev–Trinajstić information content (AvgIpc) is 2.55. The van der Waals surface area contributed by atoms with E-state index in [1.54, 1.807) is 0 Å². The van der Waals surface area contributed by atoms with Crippen LogP contribution in [0, 0.1) is 0 Å². The van der Waals surface area contributed by atoms with Gasteiger partial charge in [0.15, 0.2) is 6.54 Å². The molecule has 0 radical (unpaired) electrons. The normalized spacial score (nSPS) is 12.2. The number of hydrogen-bond donors (Lipinski definition) is 3. The average molecular weight is 345 g/mol. The van der Waals surface area contributed by atoms with Crippen LogP contribution >= 0.6 is 0 Å². The van der Waals surface area contributed by atoms with Gasteiger partial charge in [0, 0.05) is 18.9 Å². The standard InChI is InChI=1S/C18H24N4O3/c1-12(2)13-5-7-15(8-6-13)20-16(23)11-21(3)10-14-9-19-18(25)22(4)17(14)24/h5-9,12H,10-11H2,1-4H3,(H,19,25)(H,20,23)/p+1. The van der Waals surface area contributed by atoms with E-state index in [2.05, 4.69) is 24.1 Å². The van der Waals surface area contributed by atoms with Crippen LogP contribution in [0.3, 0.4) is 0 Å². The fourth-order valence-corrected chi connectivity index (χ4v) is 2.56. The Morgan fingerprint density at radius 3 is 2.48 bits per heavy atom. The molecule has 7 heteroatoms. The van der Waals surface area contributed by atoms with Gasteiger partial charge in [-0.1, -0.05) is 26.0 Å². The van der Waals surface area contributed by atoms with Crippen LogP contribution in [-0.4, -0.2) is 29.1 Å². The Balaban J connectivity index is 1.95. The number of anilines is 1. The van der Waals surface area contributed by atoms with Crippen molar-refractivity contribution in [2.75, 3.05) is 18.9 Å². The van der Waals surface area contributed by atoms with E-state index in [-0.39, 0.29) is 18.0 Å². The molecule has 134 valence electrons. The summed E-state index contributed by atoms with van der Waals surface area (Å²) >= 11 is 0. The minimum Gasteiger partial charge on any atom is -0.326 e. The lowest BCUT2D eigenvalue weighted by molar-refractivity contribution is -0.885. The SMILES string of the molecule is CC(C)c1ccc(NC(=O)C[NH+](C)Cc2c[nH]c(=O)n(C)c2=O)cc1. The van der Waals surface area contributed by atoms with Crippen LogP contribution in [0.25, 0.3) is 0 Å². The smallest absolute Gasteiger partial charge is 0.326 e. The van der Waals surface area contributed by atoms with E-state index in [0.29, 0.717) is 18.0 Å². The predicted molar refractivity (Wildman–Crippen MR) is 96.9 cm³/mol. The number of quaternary nitrogens is 1. The number of nitrogens with zero attached hydrogens (tertiary/aromatic N) is 1. The number of benzene rings is 1. The van der Waals surface area contributed by atoms with Gasteiger partial charge in [0.05, 0.1) is 12.6 Å². The Labute approximate surface area is 146 Å². The van der Waals surface area contributed by atoms with Gasteiger partial charge in [-0.3, -0.25) is 14.2 Å². The number of amides is 1. The summed E-state index contributed by atoms with van der Waals surface area (Å²) in [5.41, 5.74) is 1.65. The van der Waals surface area contributed by atoms with Crippen molar-refractivity contribution in [3.05, 3.63) is 62.4 Å². The van der Waals surface area contributed by atoms with Gasteiger partial charge in [-0.15, -0.1) is 0 Å². The third-order valence-electron chi connectivity index (χ3n) is 4.07. The van der Waals surface area contributed by atoms with Gasteiger partial charge in [0.25, 0.3) is 11.5 Å². The summed E-state index contributed by atoms with van der Waals surface area (Å²) < 4.78 is 1.03. The zero-order chi connectivity index (χ0) is 18.6. The number of nitrogens with one attached hydrogen (secondary N) is 3. The van der Waals surface area contributed by atoms with Crippen LogP contribution in [0.4, 0.5) is 5.69 Å². The van der Waals surface area contributed by atoms with E-state index in [1.807, 2.05) is 31.3 Å². The number of H-pyrrole nitrogens is 1. The van der Waals surface area contributed by atoms with Gasteiger partial charge in [0.2, 0.25) is 0 Å². The van der Waals surface area contributed by atoms with E-state index in [9.17, 15) is 14.4 Å². The molecule has 3 N–H and O–H groups in total. The Hall–Kier alpha value is -2.67. The molecule has 25 heavy (non-hydrogen) atoms. The van der Waals surface area contributed by atoms with E-state index in [4.69, 9.17) is 0 Å². The molecule has 1 amide bonds. The van der Waals surface area contributed by atoms with E-state index in [1.165, 1.54) is 18.8 Å². The number of carbonyl (C=O) groups excluding carboxylic acids is 1. The molecule has 0 fully saturated rings. The highest BCUT2D eigenvalue weighted by molar-refractivity contribution is 5.91. The molecule has 1 unspecified atom stereocenters. The van der Waals surface area contributed by atoms with Crippen molar-refractivity contribution in [3.8, 4) is 0 Å². The second-order valence-corrected chi connectivity index (χ2v) is 6.62. The third kappa shape index (κ3) is 4.90. The van der Waals surface area contributed by atoms with Crippen LogP contribution < -0.4 is 21.5 Å². The van der Waals surface area contributed by atoms with Gasteiger partial charge < -0.3 is 15.2 Å². The lowest BCUT2D eigenvalue weighted by atomic mass is 10.0. The molecule has 0 bridgehead atoms. The summed E-state index contributed by atoms with van der Waals surface area (Å²) in [6, 6.07) is 7.78. The van der Waals surface area contributed by atoms with Crippen molar-refractivity contribution in [1.82, 2.24) is 9.55 Å². The molecule has 0 aliphatic carbocycles. The Morgan fingerprint density at radius 2 is 1.88 bits per heavy atom. The number of rotatable bonds is 6. The molecule has 1 aromatic carbocycles. The molecule has 7 nitrogen and oxygen atoms in total. The second kappa shape index (κ2) is 7.94. The topological polar surface area (TPSA) is 88.4 Å². The highest BCUT2D eigenvalue weighted by Crippen LogP contribution is 2.16. The van der Waals surface area contributed by atoms with Crippen molar-refractivity contribution < 1.29 is 9.69 Å². The van der Waals surface area contributed by atoms with Crippen LogP contribution in [0.5, 0.6) is 0 Å². The Kier molecular flexibility index (Phi) is 5.93. The summed E-state index contributed by atoms with van der Waals surface area (Å²) in [4.78, 5) is 38.9. The molecule has 0 saturated carbocycles. The van der Waals surface area contributed by atoms with E-state index in [0.717, 1.165) is 15.2 Å². The van der Waals surface area contributed by atoms with Crippen molar-refractivity contribution in [2.45, 2.75) is 26.3 Å². The van der Waals surface area contributed by atoms with Crippen molar-refractivity contribution in [3.63, 3.8) is 0 Å². The lowest BCUT2D eigenvalue weighted by Gasteiger charge is -2.14. The zero-order valence-electron chi connectivity index (χ0n) is 15.1. The maximum atomic E-state index is 12.2. The Morgan fingerprint density at radius 1 is 1.24 bits per heavy atom. The van der Waals surface area contributed by atoms with Crippen LogP contribution in [-0.2, 0) is 18.4 Å². The summed E-state index contributed by atoms with van der Waals surface area (Å²) in [6.07, 6.45) is 1.41. The Bertz CT molecular complexity index is 850. The molecular formula is C18H25N4O3+. The van der Waals surface area contributed by atoms with Gasteiger partial charge in [-0.05, 0) is 23.6 Å². The fraction of sp³-hybridized carbons (Fsp3) is 0.389. The van der Waals surface area contributed by atoms with Crippen molar-refractivity contribution in [1.29, 1.82) is 0 Å². The third-order valence-corrected chi connectivity index (χ3v) is 4.07. The molecule has 2 aromatic rings. The molecule has 0 aliphatic heterocycles. The highest BCUT2D eigenvalue weighted by Gasteiger charge is 2.14. The molecule has 0 aliphatic rings. The predicted octanol–water partition coefficient (Wildman–Crippen LogP) is -0.150. The molecule has 2 rings (SSSR count). The quantitative estimate of drug-likeness (QED) is 0.680. The molecule has 1 heterocycles. The van der Waals surface area contributed by atoms with Gasteiger partial charge in [-0.25, -0.2) is 4.79 Å². The molecule has 0 saturated heterocycles. The summed E-state index contributed by atoms with van der Waals surface area (Å²) in [5, 5.41) is 2.86. The van der Waals surface area contributed by atoms with Crippen LogP contribution in [0.1, 0.15) is 30.9 Å². The maximum absolute atomic E-state index is 12.2. The van der Waals surface area contributed by atoms with Gasteiger partial charge in [0.1, 0.15) is 6.54 Å². The first kappa shape index (κ1) is 18.7. The van der Waals surface area contributed by atoms with E-state index >= 15 is 0 Å². The zero-order valence-corrected chi connectivity index (χ0v) is 15.1. The lowest BCUT2D eigenvalue weighted by Crippen LogP contribution is -3.09.